The first-order valence-corrected chi connectivity index (χ1v) is 5.69. The lowest BCUT2D eigenvalue weighted by Gasteiger charge is -2.08. The molecule has 0 unspecified atom stereocenters. The molecule has 0 spiro atoms. The second-order valence-electron chi connectivity index (χ2n) is 3.64. The maximum Gasteiger partial charge on any atom is 0.118 e. The van der Waals surface area contributed by atoms with Gasteiger partial charge in [0.1, 0.15) is 11.5 Å². The number of hydrogen-bond acceptors (Lipinski definition) is 4. The second kappa shape index (κ2) is 6.68. The summed E-state index contributed by atoms with van der Waals surface area (Å²) in [4.78, 5) is 0. The van der Waals surface area contributed by atoms with Crippen LogP contribution in [0.15, 0.2) is 29.4 Å². The first-order valence-electron chi connectivity index (χ1n) is 5.69. The van der Waals surface area contributed by atoms with Crippen molar-refractivity contribution in [1.82, 2.24) is 5.43 Å². The Balaban J connectivity index is 2.97. The van der Waals surface area contributed by atoms with Crippen molar-refractivity contribution in [2.24, 2.45) is 5.10 Å². The number of rotatable bonds is 6. The summed E-state index contributed by atoms with van der Waals surface area (Å²) >= 11 is 0. The van der Waals surface area contributed by atoms with Gasteiger partial charge in [-0.2, -0.15) is 5.10 Å². The number of nitrogens with zero attached hydrogens (tertiary/aromatic N) is 1. The zero-order valence-electron chi connectivity index (χ0n) is 10.6. The summed E-state index contributed by atoms with van der Waals surface area (Å²) in [5, 5.41) is 12.2. The average molecular weight is 233 g/mol. The van der Waals surface area contributed by atoms with Crippen LogP contribution in [0.4, 0.5) is 0 Å². The summed E-state index contributed by atoms with van der Waals surface area (Å²) < 4.78 is 5.11. The summed E-state index contributed by atoms with van der Waals surface area (Å²) in [7, 11) is 3.37. The molecule has 0 atom stereocenters. The van der Waals surface area contributed by atoms with Gasteiger partial charge in [0.25, 0.3) is 0 Å². The number of benzene rings is 1. The highest BCUT2D eigenvalue weighted by molar-refractivity contribution is 6.47. The van der Waals surface area contributed by atoms with Gasteiger partial charge in [-0.15, -0.1) is 0 Å². The Morgan fingerprint density at radius 3 is 2.47 bits per heavy atom. The number of nitrogens with one attached hydrogen (secondary N) is 2. The van der Waals surface area contributed by atoms with Crippen molar-refractivity contribution < 1.29 is 4.74 Å². The molecule has 0 aliphatic carbocycles. The van der Waals surface area contributed by atoms with Crippen LogP contribution in [0.3, 0.4) is 0 Å². The van der Waals surface area contributed by atoms with Gasteiger partial charge in [-0.05, 0) is 30.7 Å². The summed E-state index contributed by atoms with van der Waals surface area (Å²) in [6.07, 6.45) is 1.67. The Morgan fingerprint density at radius 2 is 2.00 bits per heavy atom. The van der Waals surface area contributed by atoms with E-state index in [1.165, 1.54) is 0 Å². The summed E-state index contributed by atoms with van der Waals surface area (Å²) in [5.41, 5.74) is 4.92. The fraction of sp³-hybridized carbons (Fsp3) is 0.385. The normalized spacial score (nSPS) is 11.1. The minimum atomic E-state index is 0.548. The Hall–Kier alpha value is -1.84. The Labute approximate surface area is 102 Å². The summed E-state index contributed by atoms with van der Waals surface area (Å²) in [5.74, 6) is 0.805. The van der Waals surface area contributed by atoms with Crippen molar-refractivity contribution in [1.29, 1.82) is 5.41 Å². The second-order valence-corrected chi connectivity index (χ2v) is 3.64. The first kappa shape index (κ1) is 13.2. The van der Waals surface area contributed by atoms with E-state index in [-0.39, 0.29) is 0 Å². The minimum Gasteiger partial charge on any atom is -0.497 e. The van der Waals surface area contributed by atoms with Gasteiger partial charge >= 0.3 is 0 Å². The molecule has 1 rings (SSSR count). The molecule has 1 aromatic carbocycles. The average Bonchev–Trinajstić information content (AvgIpc) is 2.36. The highest BCUT2D eigenvalue weighted by Gasteiger charge is 2.09. The zero-order valence-corrected chi connectivity index (χ0v) is 10.6. The van der Waals surface area contributed by atoms with E-state index >= 15 is 0 Å². The van der Waals surface area contributed by atoms with E-state index < -0.39 is 0 Å². The summed E-state index contributed by atoms with van der Waals surface area (Å²) in [6, 6.07) is 7.58. The molecule has 2 N–H and O–H groups in total. The smallest absolute Gasteiger partial charge is 0.118 e. The molecule has 92 valence electrons. The third kappa shape index (κ3) is 3.59. The number of hydrazone groups is 1. The predicted molar refractivity (Wildman–Crippen MR) is 71.2 cm³/mol. The van der Waals surface area contributed by atoms with Gasteiger partial charge in [-0.1, -0.05) is 13.3 Å². The Kier molecular flexibility index (Phi) is 5.20. The van der Waals surface area contributed by atoms with Gasteiger partial charge in [-0.25, -0.2) is 0 Å². The molecule has 0 saturated carbocycles. The van der Waals surface area contributed by atoms with Gasteiger partial charge in [-0.3, -0.25) is 0 Å². The highest BCUT2D eigenvalue weighted by atomic mass is 16.5. The number of methoxy groups -OCH3 is 1. The van der Waals surface area contributed by atoms with Gasteiger partial charge in [0.15, 0.2) is 0 Å². The number of hydrogen-bond donors (Lipinski definition) is 2. The van der Waals surface area contributed by atoms with Gasteiger partial charge in [0, 0.05) is 12.6 Å². The van der Waals surface area contributed by atoms with E-state index in [1.807, 2.05) is 24.3 Å². The van der Waals surface area contributed by atoms with Crippen LogP contribution in [-0.2, 0) is 0 Å². The van der Waals surface area contributed by atoms with E-state index in [2.05, 4.69) is 17.5 Å². The van der Waals surface area contributed by atoms with Crippen molar-refractivity contribution >= 4 is 11.4 Å². The van der Waals surface area contributed by atoms with Crippen LogP contribution in [0.25, 0.3) is 0 Å². The molecule has 1 aromatic rings. The van der Waals surface area contributed by atoms with Gasteiger partial charge < -0.3 is 15.6 Å². The molecule has 0 aliphatic rings. The van der Waals surface area contributed by atoms with E-state index in [4.69, 9.17) is 10.1 Å². The first-order chi connectivity index (χ1) is 8.22. The van der Waals surface area contributed by atoms with Crippen molar-refractivity contribution in [2.45, 2.75) is 19.8 Å². The van der Waals surface area contributed by atoms with E-state index in [0.717, 1.165) is 24.2 Å². The molecule has 17 heavy (non-hydrogen) atoms. The SMILES string of the molecule is CCCC(=N)/C(=N\NC)c1ccc(OC)cc1. The number of ether oxygens (including phenoxy) is 1. The molecule has 0 amide bonds. The van der Waals surface area contributed by atoms with E-state index in [9.17, 15) is 0 Å². The molecule has 4 nitrogen and oxygen atoms in total. The molecule has 0 heterocycles. The zero-order chi connectivity index (χ0) is 12.7. The van der Waals surface area contributed by atoms with Crippen LogP contribution in [0.5, 0.6) is 5.75 Å². The van der Waals surface area contributed by atoms with Gasteiger partial charge in [0.05, 0.1) is 12.8 Å². The molecule has 0 aliphatic heterocycles. The third-order valence-corrected chi connectivity index (χ3v) is 2.37. The Bertz CT molecular complexity index is 396. The van der Waals surface area contributed by atoms with Gasteiger partial charge in [0.2, 0.25) is 0 Å². The lowest BCUT2D eigenvalue weighted by atomic mass is 10.0. The quantitative estimate of drug-likeness (QED) is 0.585. The summed E-state index contributed by atoms with van der Waals surface area (Å²) in [6.45, 7) is 2.06. The fourth-order valence-corrected chi connectivity index (χ4v) is 1.54. The predicted octanol–water partition coefficient (Wildman–Crippen LogP) is 2.44. The lowest BCUT2D eigenvalue weighted by molar-refractivity contribution is 0.415. The molecule has 0 bridgehead atoms. The largest absolute Gasteiger partial charge is 0.497 e. The maximum absolute atomic E-state index is 7.98. The van der Waals surface area contributed by atoms with Crippen LogP contribution in [0, 0.1) is 5.41 Å². The van der Waals surface area contributed by atoms with Crippen LogP contribution < -0.4 is 10.2 Å². The Morgan fingerprint density at radius 1 is 1.35 bits per heavy atom. The van der Waals surface area contributed by atoms with Crippen molar-refractivity contribution in [3.05, 3.63) is 29.8 Å². The highest BCUT2D eigenvalue weighted by Crippen LogP contribution is 2.13. The van der Waals surface area contributed by atoms with Crippen LogP contribution in [0.2, 0.25) is 0 Å². The monoisotopic (exact) mass is 233 g/mol. The molecular weight excluding hydrogens is 214 g/mol. The van der Waals surface area contributed by atoms with Crippen LogP contribution >= 0.6 is 0 Å². The minimum absolute atomic E-state index is 0.548. The maximum atomic E-state index is 7.98. The van der Waals surface area contributed by atoms with Crippen LogP contribution in [0.1, 0.15) is 25.3 Å². The van der Waals surface area contributed by atoms with E-state index in [1.54, 1.807) is 14.2 Å². The third-order valence-electron chi connectivity index (χ3n) is 2.37. The molecule has 0 fully saturated rings. The molecule has 0 radical (unpaired) electrons. The standard InChI is InChI=1S/C13H19N3O/c1-4-5-12(14)13(16-15-2)10-6-8-11(17-3)9-7-10/h6-9,14-15H,4-5H2,1-3H3/b14-12?,16-13-. The van der Waals surface area contributed by atoms with E-state index in [0.29, 0.717) is 11.4 Å². The topological polar surface area (TPSA) is 57.5 Å². The molecule has 0 saturated heterocycles. The fourth-order valence-electron chi connectivity index (χ4n) is 1.54. The van der Waals surface area contributed by atoms with Crippen molar-refractivity contribution in [3.63, 3.8) is 0 Å². The van der Waals surface area contributed by atoms with Crippen LogP contribution in [-0.4, -0.2) is 25.6 Å². The molecular formula is C13H19N3O. The van der Waals surface area contributed by atoms with Crippen molar-refractivity contribution in [3.8, 4) is 5.75 Å². The lowest BCUT2D eigenvalue weighted by Crippen LogP contribution is -2.17. The molecule has 0 aromatic heterocycles. The van der Waals surface area contributed by atoms with Crippen molar-refractivity contribution in [2.75, 3.05) is 14.2 Å². The molecule has 4 heteroatoms.